The number of hydrogen-bond donors (Lipinski definition) is 2. The van der Waals surface area contributed by atoms with Crippen molar-refractivity contribution in [3.8, 4) is 0 Å². The van der Waals surface area contributed by atoms with E-state index in [2.05, 4.69) is 14.9 Å². The minimum absolute atomic E-state index is 0.131. The molecule has 0 radical (unpaired) electrons. The second-order valence-corrected chi connectivity index (χ2v) is 10.9. The van der Waals surface area contributed by atoms with Crippen molar-refractivity contribution in [3.05, 3.63) is 58.2 Å². The van der Waals surface area contributed by atoms with Gasteiger partial charge in [-0.15, -0.1) is 0 Å². The molecule has 0 amide bonds. The Morgan fingerprint density at radius 2 is 1.86 bits per heavy atom. The summed E-state index contributed by atoms with van der Waals surface area (Å²) < 4.78 is 16.2. The fourth-order valence-electron chi connectivity index (χ4n) is 6.50. The average Bonchev–Trinajstić information content (AvgIpc) is 3.28. The van der Waals surface area contributed by atoms with Gasteiger partial charge in [-0.1, -0.05) is 26.3 Å². The summed E-state index contributed by atoms with van der Waals surface area (Å²) in [6.07, 6.45) is 7.33. The molecule has 8 heteroatoms. The van der Waals surface area contributed by atoms with Crippen LogP contribution < -0.4 is 4.90 Å². The number of nitrogens with zero attached hydrogens (tertiary/aromatic N) is 3. The second-order valence-electron chi connectivity index (χ2n) is 10.9. The Balaban J connectivity index is 1.35. The van der Waals surface area contributed by atoms with E-state index in [1.54, 1.807) is 6.07 Å². The topological polar surface area (TPSA) is 89.5 Å². The molecular weight excluding hydrogens is 459 g/mol. The van der Waals surface area contributed by atoms with Gasteiger partial charge in [0.15, 0.2) is 17.4 Å². The van der Waals surface area contributed by atoms with Crippen LogP contribution in [0.15, 0.2) is 24.4 Å². The fourth-order valence-corrected chi connectivity index (χ4v) is 6.50. The molecule has 7 nitrogen and oxygen atoms in total. The third kappa shape index (κ3) is 3.45. The van der Waals surface area contributed by atoms with E-state index in [-0.39, 0.29) is 16.9 Å². The maximum absolute atomic E-state index is 16.2. The lowest BCUT2D eigenvalue weighted by Crippen LogP contribution is -2.47. The average molecular weight is 491 g/mol. The molecule has 3 aromatic rings. The molecule has 188 valence electrons. The molecule has 0 saturated carbocycles. The number of halogens is 1. The number of benzene rings is 1. The van der Waals surface area contributed by atoms with Gasteiger partial charge >= 0.3 is 5.97 Å². The summed E-state index contributed by atoms with van der Waals surface area (Å²) in [5.74, 6) is -1.44. The summed E-state index contributed by atoms with van der Waals surface area (Å²) in [5.41, 5.74) is 1.57. The highest BCUT2D eigenvalue weighted by Crippen LogP contribution is 2.46. The summed E-state index contributed by atoms with van der Waals surface area (Å²) in [6.45, 7) is 7.61. The van der Waals surface area contributed by atoms with Gasteiger partial charge in [-0.3, -0.25) is 4.79 Å². The third-order valence-electron chi connectivity index (χ3n) is 8.44. The summed E-state index contributed by atoms with van der Waals surface area (Å²) in [5, 5.41) is 10.0. The van der Waals surface area contributed by atoms with Gasteiger partial charge in [-0.25, -0.2) is 14.2 Å². The Morgan fingerprint density at radius 3 is 2.56 bits per heavy atom. The Kier molecular flexibility index (Phi) is 5.41. The summed E-state index contributed by atoms with van der Waals surface area (Å²) >= 11 is 0. The molecule has 0 unspecified atom stereocenters. The minimum atomic E-state index is -1.04. The lowest BCUT2D eigenvalue weighted by molar-refractivity contribution is 0.0697. The van der Waals surface area contributed by atoms with Gasteiger partial charge in [-0.2, -0.15) is 0 Å². The van der Waals surface area contributed by atoms with Crippen molar-refractivity contribution < 1.29 is 19.1 Å². The molecule has 2 saturated heterocycles. The fraction of sp³-hybridized carbons (Fsp3) is 0.464. The van der Waals surface area contributed by atoms with Crippen LogP contribution in [0.3, 0.4) is 0 Å². The number of piperidine rings is 2. The number of H-pyrrole nitrogens is 1. The Bertz CT molecular complexity index is 1380. The number of nitrogens with one attached hydrogen (secondary N) is 1. The zero-order valence-electron chi connectivity index (χ0n) is 20.7. The number of aromatic carboxylic acids is 1. The monoisotopic (exact) mass is 490 g/mol. The van der Waals surface area contributed by atoms with Crippen LogP contribution >= 0.6 is 0 Å². The van der Waals surface area contributed by atoms with E-state index in [1.807, 2.05) is 18.7 Å². The van der Waals surface area contributed by atoms with E-state index in [9.17, 15) is 14.7 Å². The van der Waals surface area contributed by atoms with Crippen molar-refractivity contribution in [1.82, 2.24) is 14.9 Å². The van der Waals surface area contributed by atoms with Crippen LogP contribution in [0.1, 0.15) is 83.5 Å². The smallest absolute Gasteiger partial charge is 0.335 e. The van der Waals surface area contributed by atoms with Crippen LogP contribution in [0.2, 0.25) is 0 Å². The molecule has 0 atom stereocenters. The first-order valence-electron chi connectivity index (χ1n) is 12.9. The van der Waals surface area contributed by atoms with E-state index >= 15 is 4.39 Å². The maximum Gasteiger partial charge on any atom is 0.335 e. The largest absolute Gasteiger partial charge is 0.478 e. The highest BCUT2D eigenvalue weighted by molar-refractivity contribution is 6.20. The standard InChI is InChI=1S/C28H31FN4O3/c1-28(2)22-19(24(34)21-18-7-6-16(27(35)36)14-20(18)31-25(21)28)15-30-26(23(22)29)33-12-8-17(9-13-33)32-10-4-3-5-11-32/h6-7,14-15,17,31H,3-5,8-13H2,1-2H3,(H,35,36). The number of aromatic amines is 1. The number of ketones is 1. The molecular formula is C28H31FN4O3. The van der Waals surface area contributed by atoms with E-state index < -0.39 is 17.2 Å². The highest BCUT2D eigenvalue weighted by Gasteiger charge is 2.43. The normalized spacial score (nSPS) is 20.4. The van der Waals surface area contributed by atoms with Gasteiger partial charge in [-0.05, 0) is 50.9 Å². The van der Waals surface area contributed by atoms with Gasteiger partial charge in [0, 0.05) is 58.5 Å². The number of pyridine rings is 1. The zero-order chi connectivity index (χ0) is 25.2. The molecule has 36 heavy (non-hydrogen) atoms. The molecule has 2 N–H and O–H groups in total. The number of carbonyl (C=O) groups excluding carboxylic acids is 1. The Hall–Kier alpha value is -3.26. The lowest BCUT2D eigenvalue weighted by Gasteiger charge is -2.41. The number of aromatic nitrogens is 2. The van der Waals surface area contributed by atoms with Gasteiger partial charge in [0.2, 0.25) is 0 Å². The van der Waals surface area contributed by atoms with Crippen molar-refractivity contribution in [1.29, 1.82) is 0 Å². The molecule has 1 aromatic carbocycles. The van der Waals surface area contributed by atoms with Crippen LogP contribution in [-0.4, -0.2) is 63.9 Å². The Labute approximate surface area is 209 Å². The molecule has 2 fully saturated rings. The number of fused-ring (bicyclic) bond motifs is 4. The Morgan fingerprint density at radius 1 is 1.14 bits per heavy atom. The summed E-state index contributed by atoms with van der Waals surface area (Å²) in [4.78, 5) is 37.4. The molecule has 0 bridgehead atoms. The van der Waals surface area contributed by atoms with Crippen LogP contribution in [0, 0.1) is 5.82 Å². The molecule has 6 rings (SSSR count). The quantitative estimate of drug-likeness (QED) is 0.552. The maximum atomic E-state index is 16.2. The van der Waals surface area contributed by atoms with Crippen molar-refractivity contribution in [2.45, 2.75) is 57.4 Å². The number of carboxylic acid groups (broad SMARTS) is 1. The van der Waals surface area contributed by atoms with Crippen LogP contribution in [0.25, 0.3) is 10.9 Å². The highest BCUT2D eigenvalue weighted by atomic mass is 19.1. The van der Waals surface area contributed by atoms with Crippen molar-refractivity contribution in [3.63, 3.8) is 0 Å². The predicted octanol–water partition coefficient (Wildman–Crippen LogP) is 4.73. The van der Waals surface area contributed by atoms with Crippen molar-refractivity contribution in [2.75, 3.05) is 31.1 Å². The van der Waals surface area contributed by atoms with Gasteiger partial charge in [0.25, 0.3) is 0 Å². The SMILES string of the molecule is CC1(C)c2[nH]c3cc(C(=O)O)ccc3c2C(=O)c2cnc(N3CCC(N4CCCCC4)CC3)c(F)c21. The zero-order valence-corrected chi connectivity index (χ0v) is 20.7. The predicted molar refractivity (Wildman–Crippen MR) is 136 cm³/mol. The molecule has 2 aromatic heterocycles. The van der Waals surface area contributed by atoms with Gasteiger partial charge in [0.1, 0.15) is 0 Å². The van der Waals surface area contributed by atoms with Crippen molar-refractivity contribution in [2.24, 2.45) is 0 Å². The first-order chi connectivity index (χ1) is 17.3. The van der Waals surface area contributed by atoms with E-state index in [1.165, 1.54) is 37.6 Å². The van der Waals surface area contributed by atoms with E-state index in [0.717, 1.165) is 39.0 Å². The molecule has 4 heterocycles. The summed E-state index contributed by atoms with van der Waals surface area (Å²) in [6, 6.07) is 5.21. The minimum Gasteiger partial charge on any atom is -0.478 e. The third-order valence-corrected chi connectivity index (χ3v) is 8.44. The molecule has 1 aliphatic carbocycles. The number of carbonyl (C=O) groups is 2. The number of likely N-dealkylation sites (tertiary alicyclic amines) is 1. The number of carboxylic acids is 1. The van der Waals surface area contributed by atoms with Crippen molar-refractivity contribution >= 4 is 28.5 Å². The molecule has 2 aliphatic heterocycles. The van der Waals surface area contributed by atoms with Crippen LogP contribution in [0.5, 0.6) is 0 Å². The van der Waals surface area contributed by atoms with Gasteiger partial charge in [0.05, 0.1) is 11.1 Å². The first-order valence-corrected chi connectivity index (χ1v) is 12.9. The molecule has 0 spiro atoms. The van der Waals surface area contributed by atoms with Gasteiger partial charge < -0.3 is 19.9 Å². The lowest BCUT2D eigenvalue weighted by atomic mass is 9.71. The van der Waals surface area contributed by atoms with E-state index in [4.69, 9.17) is 0 Å². The number of anilines is 1. The van der Waals surface area contributed by atoms with E-state index in [0.29, 0.717) is 39.6 Å². The number of rotatable bonds is 3. The first kappa shape index (κ1) is 23.2. The molecule has 3 aliphatic rings. The van der Waals surface area contributed by atoms with Crippen LogP contribution in [0.4, 0.5) is 10.2 Å². The summed E-state index contributed by atoms with van der Waals surface area (Å²) in [7, 11) is 0. The number of hydrogen-bond acceptors (Lipinski definition) is 5. The second kappa shape index (κ2) is 8.40. The van der Waals surface area contributed by atoms with Crippen LogP contribution in [-0.2, 0) is 5.41 Å².